The molecule has 2 aromatic carbocycles. The number of benzene rings is 2. The standard InChI is InChI=1S/C26H30N2O6/c1-33-25(31)23(20-13-8-14-21(29)16-20)28-24(30)22(15-18-9-4-2-5-10-18)27-26(32)34-17-19-11-6-3-7-12-19/h2-7,9-12,20,22-23H,8,13-17H2,1H3,(H,27,32)(H,28,30)/t20-,22+,23+/m1/s1. The quantitative estimate of drug-likeness (QED) is 0.550. The Morgan fingerprint density at radius 3 is 2.24 bits per heavy atom. The predicted molar refractivity (Wildman–Crippen MR) is 125 cm³/mol. The number of Topliss-reactive ketones (excluding diaryl/α,β-unsaturated/α-hetero) is 1. The largest absolute Gasteiger partial charge is 0.467 e. The van der Waals surface area contributed by atoms with Gasteiger partial charge < -0.3 is 20.1 Å². The van der Waals surface area contributed by atoms with Crippen molar-refractivity contribution in [2.75, 3.05) is 7.11 Å². The van der Waals surface area contributed by atoms with E-state index in [9.17, 15) is 19.2 Å². The van der Waals surface area contributed by atoms with Gasteiger partial charge in [-0.2, -0.15) is 0 Å². The van der Waals surface area contributed by atoms with Crippen LogP contribution in [0, 0.1) is 5.92 Å². The van der Waals surface area contributed by atoms with Crippen molar-refractivity contribution >= 4 is 23.8 Å². The van der Waals surface area contributed by atoms with Crippen molar-refractivity contribution in [1.29, 1.82) is 0 Å². The van der Waals surface area contributed by atoms with E-state index in [1.165, 1.54) is 7.11 Å². The van der Waals surface area contributed by atoms with Gasteiger partial charge in [0.2, 0.25) is 5.91 Å². The first-order valence-electron chi connectivity index (χ1n) is 11.4. The van der Waals surface area contributed by atoms with Gasteiger partial charge in [0, 0.05) is 19.3 Å². The van der Waals surface area contributed by atoms with Crippen LogP contribution in [0.4, 0.5) is 4.79 Å². The first-order valence-corrected chi connectivity index (χ1v) is 11.4. The van der Waals surface area contributed by atoms with E-state index in [0.29, 0.717) is 19.3 Å². The van der Waals surface area contributed by atoms with Crippen molar-refractivity contribution in [3.8, 4) is 0 Å². The lowest BCUT2D eigenvalue weighted by Gasteiger charge is -2.29. The molecule has 0 aromatic heterocycles. The van der Waals surface area contributed by atoms with Crippen LogP contribution in [0.5, 0.6) is 0 Å². The van der Waals surface area contributed by atoms with E-state index in [2.05, 4.69) is 10.6 Å². The molecule has 1 fully saturated rings. The van der Waals surface area contributed by atoms with E-state index in [-0.39, 0.29) is 31.1 Å². The average Bonchev–Trinajstić information content (AvgIpc) is 2.86. The Morgan fingerprint density at radius 2 is 1.62 bits per heavy atom. The molecule has 0 unspecified atom stereocenters. The smallest absolute Gasteiger partial charge is 0.408 e. The molecule has 0 spiro atoms. The van der Waals surface area contributed by atoms with Gasteiger partial charge in [0.15, 0.2) is 0 Å². The molecule has 3 atom stereocenters. The number of carbonyl (C=O) groups excluding carboxylic acids is 4. The Balaban J connectivity index is 1.71. The zero-order valence-electron chi connectivity index (χ0n) is 19.2. The van der Waals surface area contributed by atoms with Gasteiger partial charge in [-0.05, 0) is 29.9 Å². The molecule has 3 rings (SSSR count). The van der Waals surface area contributed by atoms with Crippen molar-refractivity contribution in [2.45, 2.75) is 50.8 Å². The Labute approximate surface area is 199 Å². The fraction of sp³-hybridized carbons (Fsp3) is 0.385. The number of ether oxygens (including phenoxy) is 2. The molecule has 1 saturated carbocycles. The van der Waals surface area contributed by atoms with Crippen LogP contribution >= 0.6 is 0 Å². The second-order valence-corrected chi connectivity index (χ2v) is 8.35. The maximum Gasteiger partial charge on any atom is 0.408 e. The van der Waals surface area contributed by atoms with E-state index in [0.717, 1.165) is 11.1 Å². The van der Waals surface area contributed by atoms with Crippen LogP contribution in [0.2, 0.25) is 0 Å². The molecular weight excluding hydrogens is 436 g/mol. The third-order valence-corrected chi connectivity index (χ3v) is 5.85. The number of hydrogen-bond acceptors (Lipinski definition) is 6. The number of nitrogens with one attached hydrogen (secondary N) is 2. The first kappa shape index (κ1) is 25.0. The number of hydrogen-bond donors (Lipinski definition) is 2. The zero-order chi connectivity index (χ0) is 24.3. The van der Waals surface area contributed by atoms with Gasteiger partial charge in [-0.25, -0.2) is 9.59 Å². The number of carbonyl (C=O) groups is 4. The summed E-state index contributed by atoms with van der Waals surface area (Å²) in [6, 6.07) is 16.4. The number of esters is 1. The minimum atomic E-state index is -0.989. The van der Waals surface area contributed by atoms with E-state index in [1.807, 2.05) is 60.7 Å². The minimum Gasteiger partial charge on any atom is -0.467 e. The van der Waals surface area contributed by atoms with Crippen LogP contribution in [0.15, 0.2) is 60.7 Å². The molecule has 180 valence electrons. The highest BCUT2D eigenvalue weighted by molar-refractivity contribution is 5.90. The topological polar surface area (TPSA) is 111 Å². The molecule has 8 heteroatoms. The van der Waals surface area contributed by atoms with Gasteiger partial charge in [0.05, 0.1) is 7.11 Å². The van der Waals surface area contributed by atoms with Gasteiger partial charge >= 0.3 is 12.1 Å². The molecule has 34 heavy (non-hydrogen) atoms. The van der Waals surface area contributed by atoms with Crippen LogP contribution in [0.3, 0.4) is 0 Å². The predicted octanol–water partition coefficient (Wildman–Crippen LogP) is 2.94. The molecule has 0 radical (unpaired) electrons. The van der Waals surface area contributed by atoms with E-state index < -0.39 is 30.1 Å². The van der Waals surface area contributed by atoms with Crippen LogP contribution in [0.25, 0.3) is 0 Å². The minimum absolute atomic E-state index is 0.0569. The molecule has 0 aliphatic heterocycles. The van der Waals surface area contributed by atoms with E-state index in [1.54, 1.807) is 0 Å². The fourth-order valence-electron chi connectivity index (χ4n) is 4.06. The molecule has 0 bridgehead atoms. The monoisotopic (exact) mass is 466 g/mol. The summed E-state index contributed by atoms with van der Waals surface area (Å²) in [5, 5.41) is 5.34. The maximum atomic E-state index is 13.2. The van der Waals surface area contributed by atoms with Crippen LogP contribution in [-0.2, 0) is 36.9 Å². The maximum absolute atomic E-state index is 13.2. The third kappa shape index (κ3) is 7.43. The van der Waals surface area contributed by atoms with Gasteiger partial charge in [0.25, 0.3) is 0 Å². The van der Waals surface area contributed by atoms with E-state index in [4.69, 9.17) is 9.47 Å². The van der Waals surface area contributed by atoms with Gasteiger partial charge in [-0.15, -0.1) is 0 Å². The summed E-state index contributed by atoms with van der Waals surface area (Å²) < 4.78 is 10.2. The Kier molecular flexibility index (Phi) is 9.20. The lowest BCUT2D eigenvalue weighted by atomic mass is 9.83. The van der Waals surface area contributed by atoms with Crippen molar-refractivity contribution in [3.05, 3.63) is 71.8 Å². The van der Waals surface area contributed by atoms with Crippen molar-refractivity contribution in [1.82, 2.24) is 10.6 Å². The summed E-state index contributed by atoms with van der Waals surface area (Å²) in [5.41, 5.74) is 1.64. The zero-order valence-corrected chi connectivity index (χ0v) is 19.2. The summed E-state index contributed by atoms with van der Waals surface area (Å²) in [5.74, 6) is -1.45. The van der Waals surface area contributed by atoms with Gasteiger partial charge in [0.1, 0.15) is 24.5 Å². The number of rotatable bonds is 9. The summed E-state index contributed by atoms with van der Waals surface area (Å²) in [6.07, 6.45) is 1.42. The summed E-state index contributed by atoms with van der Waals surface area (Å²) in [4.78, 5) is 50.1. The lowest BCUT2D eigenvalue weighted by molar-refractivity contribution is -0.147. The highest BCUT2D eigenvalue weighted by atomic mass is 16.5. The van der Waals surface area contributed by atoms with Crippen molar-refractivity contribution < 1.29 is 28.7 Å². The van der Waals surface area contributed by atoms with Crippen molar-refractivity contribution in [2.24, 2.45) is 5.92 Å². The Morgan fingerprint density at radius 1 is 0.971 bits per heavy atom. The van der Waals surface area contributed by atoms with Gasteiger partial charge in [-0.1, -0.05) is 60.7 Å². The second kappa shape index (κ2) is 12.5. The number of methoxy groups -OCH3 is 1. The highest BCUT2D eigenvalue weighted by Gasteiger charge is 2.36. The number of alkyl carbamates (subject to hydrolysis) is 1. The SMILES string of the molecule is COC(=O)[C@@H](NC(=O)[C@H](Cc1ccccc1)NC(=O)OCc1ccccc1)[C@@H]1CCCC(=O)C1. The first-order chi connectivity index (χ1) is 16.5. The van der Waals surface area contributed by atoms with Crippen LogP contribution in [0.1, 0.15) is 36.8 Å². The Bertz CT molecular complexity index is 979. The number of ketones is 1. The Hall–Kier alpha value is -3.68. The van der Waals surface area contributed by atoms with Crippen molar-refractivity contribution in [3.63, 3.8) is 0 Å². The third-order valence-electron chi connectivity index (χ3n) is 5.85. The summed E-state index contributed by atoms with van der Waals surface area (Å²) in [6.45, 7) is 0.0569. The molecule has 0 heterocycles. The number of amides is 2. The second-order valence-electron chi connectivity index (χ2n) is 8.35. The van der Waals surface area contributed by atoms with E-state index >= 15 is 0 Å². The molecule has 8 nitrogen and oxygen atoms in total. The van der Waals surface area contributed by atoms with Crippen LogP contribution < -0.4 is 10.6 Å². The lowest BCUT2D eigenvalue weighted by Crippen LogP contribution is -2.55. The highest BCUT2D eigenvalue weighted by Crippen LogP contribution is 2.25. The average molecular weight is 467 g/mol. The summed E-state index contributed by atoms with van der Waals surface area (Å²) in [7, 11) is 1.24. The molecular formula is C26H30N2O6. The molecule has 2 amide bonds. The molecule has 2 aromatic rings. The summed E-state index contributed by atoms with van der Waals surface area (Å²) >= 11 is 0. The fourth-order valence-corrected chi connectivity index (χ4v) is 4.06. The molecule has 1 aliphatic rings. The molecule has 1 aliphatic carbocycles. The normalized spacial score (nSPS) is 17.2. The van der Waals surface area contributed by atoms with Gasteiger partial charge in [-0.3, -0.25) is 9.59 Å². The molecule has 0 saturated heterocycles. The molecule has 2 N–H and O–H groups in total. The van der Waals surface area contributed by atoms with Crippen LogP contribution in [-0.4, -0.2) is 42.9 Å².